The van der Waals surface area contributed by atoms with Crippen molar-refractivity contribution in [3.8, 4) is 0 Å². The summed E-state index contributed by atoms with van der Waals surface area (Å²) in [6.45, 7) is 10.5. The molecule has 0 atom stereocenters. The molecule has 2 N–H and O–H groups in total. The lowest BCUT2D eigenvalue weighted by atomic mass is 9.97. The fourth-order valence-corrected chi connectivity index (χ4v) is 3.01. The summed E-state index contributed by atoms with van der Waals surface area (Å²) in [5.74, 6) is 3.05. The number of aromatic nitrogens is 2. The molecule has 0 spiro atoms. The number of nitrogens with one attached hydrogen (secondary N) is 2. The topological polar surface area (TPSA) is 75.3 Å². The van der Waals surface area contributed by atoms with Crippen LogP contribution in [0.1, 0.15) is 77.9 Å². The van der Waals surface area contributed by atoms with Gasteiger partial charge in [-0.3, -0.25) is 0 Å². The summed E-state index contributed by atoms with van der Waals surface area (Å²) in [6, 6.07) is 0. The van der Waals surface area contributed by atoms with Crippen molar-refractivity contribution in [1.82, 2.24) is 20.8 Å². The lowest BCUT2D eigenvalue weighted by Gasteiger charge is -2.12. The quantitative estimate of drug-likeness (QED) is 0.277. The maximum atomic E-state index is 5.31. The first-order valence-corrected chi connectivity index (χ1v) is 9.34. The van der Waals surface area contributed by atoms with Gasteiger partial charge in [-0.15, -0.1) is 24.0 Å². The molecule has 0 aliphatic heterocycles. The number of guanidine groups is 1. The van der Waals surface area contributed by atoms with Gasteiger partial charge in [-0.1, -0.05) is 51.6 Å². The third-order valence-electron chi connectivity index (χ3n) is 4.39. The molecule has 1 heterocycles. The van der Waals surface area contributed by atoms with Crippen LogP contribution in [0.25, 0.3) is 0 Å². The second-order valence-corrected chi connectivity index (χ2v) is 7.68. The van der Waals surface area contributed by atoms with Crippen LogP contribution in [0.15, 0.2) is 9.52 Å². The van der Waals surface area contributed by atoms with Crippen molar-refractivity contribution in [3.05, 3.63) is 11.7 Å². The Hall–Kier alpha value is -0.860. The van der Waals surface area contributed by atoms with E-state index in [4.69, 9.17) is 4.52 Å². The molecular formula is C18H34IN5O. The molecule has 1 aromatic rings. The van der Waals surface area contributed by atoms with Crippen molar-refractivity contribution in [3.63, 3.8) is 0 Å². The first-order chi connectivity index (χ1) is 11.5. The molecule has 144 valence electrons. The zero-order chi connectivity index (χ0) is 17.4. The first-order valence-electron chi connectivity index (χ1n) is 9.34. The normalized spacial score (nSPS) is 15.9. The molecule has 2 rings (SSSR count). The Labute approximate surface area is 169 Å². The van der Waals surface area contributed by atoms with E-state index in [1.807, 2.05) is 0 Å². The minimum absolute atomic E-state index is 0. The predicted molar refractivity (Wildman–Crippen MR) is 112 cm³/mol. The molecule has 0 saturated heterocycles. The van der Waals surface area contributed by atoms with E-state index < -0.39 is 0 Å². The minimum Gasteiger partial charge on any atom is -0.357 e. The summed E-state index contributed by atoms with van der Waals surface area (Å²) in [6.07, 6.45) is 8.20. The lowest BCUT2D eigenvalue weighted by Crippen LogP contribution is -2.37. The van der Waals surface area contributed by atoms with Crippen LogP contribution in [0.4, 0.5) is 0 Å². The summed E-state index contributed by atoms with van der Waals surface area (Å²) in [4.78, 5) is 8.98. The van der Waals surface area contributed by atoms with Gasteiger partial charge < -0.3 is 15.2 Å². The number of aliphatic imine (C=N–C) groups is 1. The van der Waals surface area contributed by atoms with E-state index in [2.05, 4.69) is 53.5 Å². The average molecular weight is 463 g/mol. The summed E-state index contributed by atoms with van der Waals surface area (Å²) in [5.41, 5.74) is -0.127. The molecule has 6 nitrogen and oxygen atoms in total. The van der Waals surface area contributed by atoms with E-state index in [0.717, 1.165) is 25.0 Å². The first kappa shape index (κ1) is 22.2. The van der Waals surface area contributed by atoms with Gasteiger partial charge in [0.2, 0.25) is 5.89 Å². The van der Waals surface area contributed by atoms with Crippen molar-refractivity contribution >= 4 is 29.9 Å². The van der Waals surface area contributed by atoms with Gasteiger partial charge >= 0.3 is 0 Å². The van der Waals surface area contributed by atoms with E-state index in [9.17, 15) is 0 Å². The fourth-order valence-electron chi connectivity index (χ4n) is 3.01. The van der Waals surface area contributed by atoms with E-state index in [-0.39, 0.29) is 29.4 Å². The molecule has 7 heteroatoms. The Morgan fingerprint density at radius 2 is 1.96 bits per heavy atom. The molecule has 0 radical (unpaired) electrons. The third-order valence-corrected chi connectivity index (χ3v) is 4.39. The second kappa shape index (κ2) is 11.0. The number of hydrogen-bond acceptors (Lipinski definition) is 4. The maximum absolute atomic E-state index is 5.31. The van der Waals surface area contributed by atoms with E-state index in [0.29, 0.717) is 18.3 Å². The molecule has 1 aliphatic carbocycles. The Bertz CT molecular complexity index is 518. The van der Waals surface area contributed by atoms with Crippen LogP contribution in [-0.4, -0.2) is 29.2 Å². The van der Waals surface area contributed by atoms with Crippen LogP contribution >= 0.6 is 24.0 Å². The van der Waals surface area contributed by atoms with Gasteiger partial charge in [0.25, 0.3) is 0 Å². The molecule has 1 saturated carbocycles. The van der Waals surface area contributed by atoms with Crippen LogP contribution in [-0.2, 0) is 12.0 Å². The molecule has 1 aromatic heterocycles. The highest BCUT2D eigenvalue weighted by atomic mass is 127. The highest BCUT2D eigenvalue weighted by molar-refractivity contribution is 14.0. The molecule has 0 bridgehead atoms. The summed E-state index contributed by atoms with van der Waals surface area (Å²) >= 11 is 0. The van der Waals surface area contributed by atoms with Gasteiger partial charge in [-0.05, 0) is 25.7 Å². The number of nitrogens with zero attached hydrogens (tertiary/aromatic N) is 3. The minimum atomic E-state index is -0.127. The van der Waals surface area contributed by atoms with Crippen LogP contribution < -0.4 is 10.6 Å². The highest BCUT2D eigenvalue weighted by Gasteiger charge is 2.21. The third kappa shape index (κ3) is 7.92. The molecule has 1 fully saturated rings. The smallest absolute Gasteiger partial charge is 0.232 e. The molecule has 0 unspecified atom stereocenters. The standard InChI is InChI=1S/C18H33N5O.HI/c1-5-19-17(20-12-8-11-14-9-6-7-10-14)21-13-15-22-16(24-23-15)18(2,3)4;/h14H,5-13H2,1-4H3,(H2,19,20,21);1H. The Kier molecular flexibility index (Phi) is 9.74. The monoisotopic (exact) mass is 463 g/mol. The van der Waals surface area contributed by atoms with Crippen molar-refractivity contribution in [1.29, 1.82) is 0 Å². The summed E-state index contributed by atoms with van der Waals surface area (Å²) in [7, 11) is 0. The second-order valence-electron chi connectivity index (χ2n) is 7.68. The summed E-state index contributed by atoms with van der Waals surface area (Å²) < 4.78 is 5.31. The maximum Gasteiger partial charge on any atom is 0.232 e. The molecule has 1 aliphatic rings. The molecule has 0 aromatic carbocycles. The number of rotatable bonds is 7. The van der Waals surface area contributed by atoms with E-state index in [1.165, 1.54) is 38.5 Å². The van der Waals surface area contributed by atoms with Gasteiger partial charge in [0.05, 0.1) is 0 Å². The fraction of sp³-hybridized carbons (Fsp3) is 0.833. The van der Waals surface area contributed by atoms with Gasteiger partial charge in [0.1, 0.15) is 6.54 Å². The molecular weight excluding hydrogens is 429 g/mol. The van der Waals surface area contributed by atoms with E-state index in [1.54, 1.807) is 0 Å². The zero-order valence-electron chi connectivity index (χ0n) is 16.1. The van der Waals surface area contributed by atoms with Crippen LogP contribution in [0.3, 0.4) is 0 Å². The van der Waals surface area contributed by atoms with Gasteiger partial charge in [0, 0.05) is 18.5 Å². The van der Waals surface area contributed by atoms with Crippen molar-refractivity contribution in [2.45, 2.75) is 78.2 Å². The van der Waals surface area contributed by atoms with Crippen molar-refractivity contribution in [2.24, 2.45) is 10.9 Å². The Balaban J connectivity index is 0.00000312. The van der Waals surface area contributed by atoms with Crippen LogP contribution in [0.2, 0.25) is 0 Å². The molecule has 0 amide bonds. The SMILES string of the molecule is CCNC(=NCc1noc(C(C)(C)C)n1)NCCCC1CCCC1.I. The molecule has 25 heavy (non-hydrogen) atoms. The number of hydrogen-bond donors (Lipinski definition) is 2. The van der Waals surface area contributed by atoms with Crippen molar-refractivity contribution in [2.75, 3.05) is 13.1 Å². The van der Waals surface area contributed by atoms with Crippen LogP contribution in [0, 0.1) is 5.92 Å². The zero-order valence-corrected chi connectivity index (χ0v) is 18.4. The average Bonchev–Trinajstić information content (AvgIpc) is 3.19. The van der Waals surface area contributed by atoms with Gasteiger partial charge in [-0.25, -0.2) is 4.99 Å². The van der Waals surface area contributed by atoms with Gasteiger partial charge in [0.15, 0.2) is 11.8 Å². The van der Waals surface area contributed by atoms with Gasteiger partial charge in [-0.2, -0.15) is 4.98 Å². The largest absolute Gasteiger partial charge is 0.357 e. The predicted octanol–water partition coefficient (Wildman–Crippen LogP) is 4.01. The Morgan fingerprint density at radius 3 is 2.56 bits per heavy atom. The number of halogens is 1. The Morgan fingerprint density at radius 1 is 1.24 bits per heavy atom. The highest BCUT2D eigenvalue weighted by Crippen LogP contribution is 2.28. The van der Waals surface area contributed by atoms with Crippen LogP contribution in [0.5, 0.6) is 0 Å². The lowest BCUT2D eigenvalue weighted by molar-refractivity contribution is 0.318. The van der Waals surface area contributed by atoms with Crippen molar-refractivity contribution < 1.29 is 4.52 Å². The van der Waals surface area contributed by atoms with E-state index >= 15 is 0 Å². The summed E-state index contributed by atoms with van der Waals surface area (Å²) in [5, 5.41) is 10.7.